The van der Waals surface area contributed by atoms with Crippen LogP contribution in [-0.4, -0.2) is 47.0 Å². The number of rotatable bonds is 4. The molecule has 0 bridgehead atoms. The molecule has 0 saturated carbocycles. The first-order valence-electron chi connectivity index (χ1n) is 8.58. The van der Waals surface area contributed by atoms with E-state index in [2.05, 4.69) is 14.9 Å². The summed E-state index contributed by atoms with van der Waals surface area (Å²) >= 11 is 0. The molecule has 2 aromatic rings. The van der Waals surface area contributed by atoms with Gasteiger partial charge in [-0.15, -0.1) is 0 Å². The SMILES string of the molecule is Cc1cc(N2CCC(N(C)C(=O)/C=C/c3ccco3)CC2)nc(C)n1. The Morgan fingerprint density at radius 3 is 2.72 bits per heavy atom. The molecule has 2 aromatic heterocycles. The first kappa shape index (κ1) is 17.2. The van der Waals surface area contributed by atoms with Crippen molar-refractivity contribution in [2.45, 2.75) is 32.7 Å². The molecule has 0 unspecified atom stereocenters. The Balaban J connectivity index is 1.57. The van der Waals surface area contributed by atoms with Crippen LogP contribution >= 0.6 is 0 Å². The molecule has 0 atom stereocenters. The Morgan fingerprint density at radius 2 is 2.08 bits per heavy atom. The lowest BCUT2D eigenvalue weighted by Crippen LogP contribution is -2.45. The van der Waals surface area contributed by atoms with E-state index in [4.69, 9.17) is 4.42 Å². The highest BCUT2D eigenvalue weighted by Crippen LogP contribution is 2.21. The number of aryl methyl sites for hydroxylation is 2. The van der Waals surface area contributed by atoms with Crippen LogP contribution in [0.2, 0.25) is 0 Å². The third-order valence-corrected chi connectivity index (χ3v) is 4.57. The lowest BCUT2D eigenvalue weighted by molar-refractivity contribution is -0.127. The Bertz CT molecular complexity index is 727. The number of nitrogens with zero attached hydrogens (tertiary/aromatic N) is 4. The van der Waals surface area contributed by atoms with Gasteiger partial charge in [0.15, 0.2) is 0 Å². The zero-order valence-electron chi connectivity index (χ0n) is 15.0. The number of carbonyl (C=O) groups excluding carboxylic acids is 1. The van der Waals surface area contributed by atoms with Crippen LogP contribution in [0.15, 0.2) is 35.0 Å². The predicted molar refractivity (Wildman–Crippen MR) is 97.3 cm³/mol. The molecule has 1 amide bonds. The second-order valence-electron chi connectivity index (χ2n) is 6.43. The van der Waals surface area contributed by atoms with Gasteiger partial charge in [-0.25, -0.2) is 9.97 Å². The van der Waals surface area contributed by atoms with Crippen molar-refractivity contribution in [1.29, 1.82) is 0 Å². The fourth-order valence-electron chi connectivity index (χ4n) is 3.18. The minimum Gasteiger partial charge on any atom is -0.465 e. The standard InChI is InChI=1S/C19H24N4O2/c1-14-13-18(21-15(2)20-14)23-10-8-16(9-11-23)22(3)19(24)7-6-17-5-4-12-25-17/h4-7,12-13,16H,8-11H2,1-3H3/b7-6+. The lowest BCUT2D eigenvalue weighted by Gasteiger charge is -2.37. The third kappa shape index (κ3) is 4.26. The summed E-state index contributed by atoms with van der Waals surface area (Å²) in [6.45, 7) is 5.68. The van der Waals surface area contributed by atoms with Crippen LogP contribution in [0.3, 0.4) is 0 Å². The smallest absolute Gasteiger partial charge is 0.246 e. The van der Waals surface area contributed by atoms with Crippen LogP contribution < -0.4 is 4.90 Å². The van der Waals surface area contributed by atoms with Crippen LogP contribution in [0, 0.1) is 13.8 Å². The molecule has 0 aliphatic carbocycles. The summed E-state index contributed by atoms with van der Waals surface area (Å²) in [5.74, 6) is 2.47. The summed E-state index contributed by atoms with van der Waals surface area (Å²) in [7, 11) is 1.87. The highest BCUT2D eigenvalue weighted by molar-refractivity contribution is 5.91. The minimum atomic E-state index is 0.00331. The second kappa shape index (κ2) is 7.51. The number of hydrogen-bond acceptors (Lipinski definition) is 5. The second-order valence-corrected chi connectivity index (χ2v) is 6.43. The number of amides is 1. The Morgan fingerprint density at radius 1 is 1.32 bits per heavy atom. The maximum atomic E-state index is 12.3. The van der Waals surface area contributed by atoms with Gasteiger partial charge in [0.1, 0.15) is 17.4 Å². The highest BCUT2D eigenvalue weighted by atomic mass is 16.3. The average molecular weight is 340 g/mol. The van der Waals surface area contributed by atoms with E-state index in [9.17, 15) is 4.79 Å². The van der Waals surface area contributed by atoms with Crippen LogP contribution in [0.5, 0.6) is 0 Å². The van der Waals surface area contributed by atoms with Crippen molar-refractivity contribution in [1.82, 2.24) is 14.9 Å². The van der Waals surface area contributed by atoms with Crippen molar-refractivity contribution in [3.05, 3.63) is 47.8 Å². The van der Waals surface area contributed by atoms with Crippen LogP contribution in [-0.2, 0) is 4.79 Å². The molecule has 1 saturated heterocycles. The van der Waals surface area contributed by atoms with E-state index >= 15 is 0 Å². The summed E-state index contributed by atoms with van der Waals surface area (Å²) in [5, 5.41) is 0. The number of likely N-dealkylation sites (N-methyl/N-ethyl adjacent to an activating group) is 1. The molecule has 25 heavy (non-hydrogen) atoms. The molecule has 132 valence electrons. The zero-order valence-corrected chi connectivity index (χ0v) is 15.0. The van der Waals surface area contributed by atoms with Crippen LogP contribution in [0.25, 0.3) is 6.08 Å². The number of anilines is 1. The first-order valence-corrected chi connectivity index (χ1v) is 8.58. The molecule has 1 fully saturated rings. The molecular formula is C19H24N4O2. The molecule has 1 aliphatic heterocycles. The fourth-order valence-corrected chi connectivity index (χ4v) is 3.18. The van der Waals surface area contributed by atoms with Crippen molar-refractivity contribution in [2.75, 3.05) is 25.0 Å². The van der Waals surface area contributed by atoms with Gasteiger partial charge in [0.05, 0.1) is 6.26 Å². The van der Waals surface area contributed by atoms with Gasteiger partial charge in [-0.2, -0.15) is 0 Å². The van der Waals surface area contributed by atoms with E-state index in [1.165, 1.54) is 0 Å². The predicted octanol–water partition coefficient (Wildman–Crippen LogP) is 2.83. The van der Waals surface area contributed by atoms with Gasteiger partial charge in [0.25, 0.3) is 0 Å². The number of piperidine rings is 1. The van der Waals surface area contributed by atoms with Gasteiger partial charge in [0, 0.05) is 44.0 Å². The monoisotopic (exact) mass is 340 g/mol. The van der Waals surface area contributed by atoms with Gasteiger partial charge in [-0.1, -0.05) is 0 Å². The summed E-state index contributed by atoms with van der Waals surface area (Å²) in [6.07, 6.45) is 6.74. The molecule has 0 radical (unpaired) electrons. The fraction of sp³-hybridized carbons (Fsp3) is 0.421. The Hall–Kier alpha value is -2.63. The Kier molecular flexibility index (Phi) is 5.16. The summed E-state index contributed by atoms with van der Waals surface area (Å²) in [5.41, 5.74) is 0.986. The number of carbonyl (C=O) groups is 1. The molecule has 6 nitrogen and oxygen atoms in total. The molecule has 0 N–H and O–H groups in total. The molecule has 0 aromatic carbocycles. The Labute approximate surface area is 148 Å². The van der Waals surface area contributed by atoms with Crippen LogP contribution in [0.4, 0.5) is 5.82 Å². The topological polar surface area (TPSA) is 62.5 Å². The number of aromatic nitrogens is 2. The van der Waals surface area contributed by atoms with E-state index in [0.29, 0.717) is 5.76 Å². The van der Waals surface area contributed by atoms with E-state index in [0.717, 1.165) is 43.3 Å². The molecule has 0 spiro atoms. The van der Waals surface area contributed by atoms with Gasteiger partial charge in [0.2, 0.25) is 5.91 Å². The maximum Gasteiger partial charge on any atom is 0.246 e. The van der Waals surface area contributed by atoms with Crippen LogP contribution in [0.1, 0.15) is 30.1 Å². The van der Waals surface area contributed by atoms with E-state index in [-0.39, 0.29) is 11.9 Å². The average Bonchev–Trinajstić information content (AvgIpc) is 3.12. The zero-order chi connectivity index (χ0) is 17.8. The normalized spacial score (nSPS) is 15.7. The van der Waals surface area contributed by atoms with Crippen molar-refractivity contribution in [3.8, 4) is 0 Å². The highest BCUT2D eigenvalue weighted by Gasteiger charge is 2.25. The molecule has 6 heteroatoms. The summed E-state index contributed by atoms with van der Waals surface area (Å²) < 4.78 is 5.22. The van der Waals surface area contributed by atoms with Crippen molar-refractivity contribution < 1.29 is 9.21 Å². The van der Waals surface area contributed by atoms with E-state index < -0.39 is 0 Å². The number of hydrogen-bond donors (Lipinski definition) is 0. The number of furan rings is 1. The first-order chi connectivity index (χ1) is 12.0. The van der Waals surface area contributed by atoms with E-state index in [1.807, 2.05) is 37.9 Å². The maximum absolute atomic E-state index is 12.3. The third-order valence-electron chi connectivity index (χ3n) is 4.57. The van der Waals surface area contributed by atoms with Crippen molar-refractivity contribution in [2.24, 2.45) is 0 Å². The summed E-state index contributed by atoms with van der Waals surface area (Å²) in [6, 6.07) is 5.90. The lowest BCUT2D eigenvalue weighted by atomic mass is 10.0. The van der Waals surface area contributed by atoms with Gasteiger partial charge >= 0.3 is 0 Å². The summed E-state index contributed by atoms with van der Waals surface area (Å²) in [4.78, 5) is 25.3. The molecule has 1 aliphatic rings. The van der Waals surface area contributed by atoms with Crippen molar-refractivity contribution in [3.63, 3.8) is 0 Å². The molecular weight excluding hydrogens is 316 g/mol. The van der Waals surface area contributed by atoms with Crippen molar-refractivity contribution >= 4 is 17.8 Å². The van der Waals surface area contributed by atoms with E-state index in [1.54, 1.807) is 24.5 Å². The van der Waals surface area contributed by atoms with Gasteiger partial charge in [-0.3, -0.25) is 4.79 Å². The largest absolute Gasteiger partial charge is 0.465 e. The molecule has 3 rings (SSSR count). The molecule has 3 heterocycles. The van der Waals surface area contributed by atoms with Gasteiger partial charge in [-0.05, 0) is 44.9 Å². The minimum absolute atomic E-state index is 0.00331. The quantitative estimate of drug-likeness (QED) is 0.801. The van der Waals surface area contributed by atoms with Gasteiger partial charge < -0.3 is 14.2 Å².